The van der Waals surface area contributed by atoms with Crippen LogP contribution in [0.4, 0.5) is 15.8 Å². The minimum Gasteiger partial charge on any atom is -0.321 e. The van der Waals surface area contributed by atoms with Gasteiger partial charge in [-0.15, -0.1) is 0 Å². The van der Waals surface area contributed by atoms with Crippen molar-refractivity contribution < 1.29 is 9.18 Å². The molecule has 0 aromatic heterocycles. The largest absolute Gasteiger partial charge is 0.321 e. The molecule has 110 valence electrons. The molecule has 0 aliphatic heterocycles. The fourth-order valence-corrected chi connectivity index (χ4v) is 2.49. The highest BCUT2D eigenvalue weighted by Gasteiger charge is 2.17. The fourth-order valence-electron chi connectivity index (χ4n) is 1.67. The van der Waals surface area contributed by atoms with Gasteiger partial charge in [0.25, 0.3) is 5.91 Å². The van der Waals surface area contributed by atoms with Crippen molar-refractivity contribution in [2.75, 3.05) is 10.7 Å². The third kappa shape index (κ3) is 3.29. The molecule has 0 spiro atoms. The summed E-state index contributed by atoms with van der Waals surface area (Å²) in [5, 5.41) is 3.01. The molecule has 4 N–H and O–H groups in total. The molecule has 0 atom stereocenters. The summed E-state index contributed by atoms with van der Waals surface area (Å²) < 4.78 is 14.2. The number of nitrogens with two attached hydrogens (primary N) is 1. The molecular weight excluding hydrogens is 384 g/mol. The summed E-state index contributed by atoms with van der Waals surface area (Å²) >= 11 is 15.2. The van der Waals surface area contributed by atoms with E-state index in [4.69, 9.17) is 29.0 Å². The first-order valence-electron chi connectivity index (χ1n) is 5.65. The fraction of sp³-hybridized carbons (Fsp3) is 0. The van der Waals surface area contributed by atoms with Gasteiger partial charge in [-0.3, -0.25) is 10.6 Å². The van der Waals surface area contributed by atoms with E-state index in [1.165, 1.54) is 18.2 Å². The third-order valence-electron chi connectivity index (χ3n) is 2.69. The van der Waals surface area contributed by atoms with Crippen molar-refractivity contribution in [3.05, 3.63) is 56.2 Å². The van der Waals surface area contributed by atoms with Gasteiger partial charge in [0.2, 0.25) is 0 Å². The molecule has 21 heavy (non-hydrogen) atoms. The number of hydrazine groups is 1. The number of nitrogens with one attached hydrogen (secondary N) is 2. The van der Waals surface area contributed by atoms with Crippen molar-refractivity contribution in [3.63, 3.8) is 0 Å². The molecule has 8 heteroatoms. The Hall–Kier alpha value is -1.34. The van der Waals surface area contributed by atoms with Crippen LogP contribution in [-0.4, -0.2) is 5.91 Å². The lowest BCUT2D eigenvalue weighted by atomic mass is 10.1. The Morgan fingerprint density at radius 3 is 2.57 bits per heavy atom. The van der Waals surface area contributed by atoms with Gasteiger partial charge in [-0.25, -0.2) is 4.39 Å². The van der Waals surface area contributed by atoms with E-state index in [0.29, 0.717) is 10.2 Å². The maximum Gasteiger partial charge on any atom is 0.257 e. The second-order valence-corrected chi connectivity index (χ2v) is 5.59. The zero-order chi connectivity index (χ0) is 15.6. The highest BCUT2D eigenvalue weighted by atomic mass is 79.9. The summed E-state index contributed by atoms with van der Waals surface area (Å²) in [5.74, 6) is 4.03. The molecule has 0 saturated carbocycles. The summed E-state index contributed by atoms with van der Waals surface area (Å²) in [5.41, 5.74) is 2.42. The zero-order valence-electron chi connectivity index (χ0n) is 10.4. The number of benzene rings is 2. The monoisotopic (exact) mass is 391 g/mol. The average molecular weight is 393 g/mol. The second-order valence-electron chi connectivity index (χ2n) is 3.98. The second kappa shape index (κ2) is 6.62. The summed E-state index contributed by atoms with van der Waals surface area (Å²) in [4.78, 5) is 12.2. The van der Waals surface area contributed by atoms with Gasteiger partial charge < -0.3 is 10.7 Å². The number of nitrogen functional groups attached to an aromatic ring is 1. The van der Waals surface area contributed by atoms with Crippen LogP contribution in [0.2, 0.25) is 10.0 Å². The van der Waals surface area contributed by atoms with Gasteiger partial charge in [-0.05, 0) is 40.2 Å². The van der Waals surface area contributed by atoms with Gasteiger partial charge in [-0.1, -0.05) is 29.3 Å². The van der Waals surface area contributed by atoms with E-state index in [1.807, 2.05) is 0 Å². The van der Waals surface area contributed by atoms with E-state index in [9.17, 15) is 9.18 Å². The Bertz CT molecular complexity index is 712. The molecule has 0 bridgehead atoms. The van der Waals surface area contributed by atoms with Crippen LogP contribution in [0.1, 0.15) is 10.4 Å². The minimum atomic E-state index is -0.634. The third-order valence-corrected chi connectivity index (χ3v) is 4.46. The van der Waals surface area contributed by atoms with Crippen LogP contribution in [0.5, 0.6) is 0 Å². The number of amides is 1. The van der Waals surface area contributed by atoms with Crippen molar-refractivity contribution in [3.8, 4) is 0 Å². The Balaban J connectivity index is 2.35. The Labute approximate surface area is 138 Å². The predicted molar refractivity (Wildman–Crippen MR) is 86.3 cm³/mol. The summed E-state index contributed by atoms with van der Waals surface area (Å²) in [6, 6.07) is 7.24. The van der Waals surface area contributed by atoms with Crippen LogP contribution in [0.3, 0.4) is 0 Å². The molecule has 0 saturated heterocycles. The molecule has 4 nitrogen and oxygen atoms in total. The SMILES string of the molecule is NNc1c(F)cccc1C(=O)Nc1ccc(Br)c(Cl)c1Cl. The van der Waals surface area contributed by atoms with Gasteiger partial charge in [0.1, 0.15) is 5.82 Å². The number of hydrogen-bond donors (Lipinski definition) is 3. The van der Waals surface area contributed by atoms with Crippen LogP contribution in [-0.2, 0) is 0 Å². The van der Waals surface area contributed by atoms with Crippen LogP contribution in [0.25, 0.3) is 0 Å². The van der Waals surface area contributed by atoms with Crippen LogP contribution in [0.15, 0.2) is 34.8 Å². The van der Waals surface area contributed by atoms with Crippen molar-refractivity contribution in [2.45, 2.75) is 0 Å². The molecule has 2 aromatic rings. The lowest BCUT2D eigenvalue weighted by Gasteiger charge is -2.12. The van der Waals surface area contributed by atoms with E-state index in [1.54, 1.807) is 12.1 Å². The summed E-state index contributed by atoms with van der Waals surface area (Å²) in [6.07, 6.45) is 0. The van der Waals surface area contributed by atoms with Crippen molar-refractivity contribution in [1.82, 2.24) is 0 Å². The number of hydrogen-bond acceptors (Lipinski definition) is 3. The predicted octanol–water partition coefficient (Wildman–Crippen LogP) is 4.43. The van der Waals surface area contributed by atoms with Gasteiger partial charge in [0.05, 0.1) is 27.0 Å². The summed E-state index contributed by atoms with van der Waals surface area (Å²) in [6.45, 7) is 0. The van der Waals surface area contributed by atoms with Crippen LogP contribution >= 0.6 is 39.1 Å². The van der Waals surface area contributed by atoms with Crippen LogP contribution < -0.4 is 16.6 Å². The molecule has 0 fully saturated rings. The standard InChI is InChI=1S/C13H9BrCl2FN3O/c14-7-4-5-9(11(16)10(7)15)19-13(21)6-2-1-3-8(17)12(6)20-18/h1-5,20H,18H2,(H,19,21). The summed E-state index contributed by atoms with van der Waals surface area (Å²) in [7, 11) is 0. The van der Waals surface area contributed by atoms with E-state index in [-0.39, 0.29) is 21.3 Å². The molecule has 0 unspecified atom stereocenters. The zero-order valence-corrected chi connectivity index (χ0v) is 13.5. The quantitative estimate of drug-likeness (QED) is 0.411. The molecule has 1 amide bonds. The first kappa shape index (κ1) is 16.0. The van der Waals surface area contributed by atoms with Gasteiger partial charge in [-0.2, -0.15) is 0 Å². The normalized spacial score (nSPS) is 10.3. The van der Waals surface area contributed by atoms with Gasteiger partial charge in [0.15, 0.2) is 0 Å². The van der Waals surface area contributed by atoms with Gasteiger partial charge in [0, 0.05) is 4.47 Å². The number of anilines is 2. The van der Waals surface area contributed by atoms with Crippen molar-refractivity contribution in [2.24, 2.45) is 5.84 Å². The number of carbonyl (C=O) groups is 1. The Morgan fingerprint density at radius 2 is 1.90 bits per heavy atom. The molecule has 0 aliphatic rings. The molecule has 0 heterocycles. The molecule has 0 aliphatic carbocycles. The van der Waals surface area contributed by atoms with Gasteiger partial charge >= 0.3 is 0 Å². The van der Waals surface area contributed by atoms with Crippen LogP contribution in [0, 0.1) is 5.82 Å². The number of carbonyl (C=O) groups excluding carboxylic acids is 1. The topological polar surface area (TPSA) is 67.1 Å². The number of halogens is 4. The van der Waals surface area contributed by atoms with E-state index >= 15 is 0 Å². The highest BCUT2D eigenvalue weighted by Crippen LogP contribution is 2.36. The first-order chi connectivity index (χ1) is 9.95. The lowest BCUT2D eigenvalue weighted by Crippen LogP contribution is -2.18. The van der Waals surface area contributed by atoms with Crippen molar-refractivity contribution in [1.29, 1.82) is 0 Å². The number of para-hydroxylation sites is 1. The molecule has 2 aromatic carbocycles. The van der Waals surface area contributed by atoms with E-state index in [0.717, 1.165) is 0 Å². The van der Waals surface area contributed by atoms with E-state index < -0.39 is 11.7 Å². The minimum absolute atomic E-state index is 0.0487. The Kier molecular flexibility index (Phi) is 5.05. The smallest absolute Gasteiger partial charge is 0.257 e. The average Bonchev–Trinajstić information content (AvgIpc) is 2.47. The molecular formula is C13H9BrCl2FN3O. The maximum absolute atomic E-state index is 13.6. The van der Waals surface area contributed by atoms with E-state index in [2.05, 4.69) is 26.7 Å². The molecule has 0 radical (unpaired) electrons. The number of rotatable bonds is 3. The first-order valence-corrected chi connectivity index (χ1v) is 7.20. The van der Waals surface area contributed by atoms with Crippen molar-refractivity contribution >= 4 is 56.4 Å². The maximum atomic E-state index is 13.6. The lowest BCUT2D eigenvalue weighted by molar-refractivity contribution is 0.102. The molecule has 2 rings (SSSR count). The highest BCUT2D eigenvalue weighted by molar-refractivity contribution is 9.10. The Morgan fingerprint density at radius 1 is 1.19 bits per heavy atom.